The molecule has 3 rings (SSSR count). The maximum atomic E-state index is 12.5. The van der Waals surface area contributed by atoms with Crippen molar-refractivity contribution in [1.29, 1.82) is 0 Å². The van der Waals surface area contributed by atoms with Crippen molar-refractivity contribution in [3.05, 3.63) is 75.1 Å². The van der Waals surface area contributed by atoms with Gasteiger partial charge in [-0.2, -0.15) is 14.6 Å². The Balaban J connectivity index is 1.94. The van der Waals surface area contributed by atoms with Crippen LogP contribution in [0.3, 0.4) is 0 Å². The van der Waals surface area contributed by atoms with E-state index in [0.29, 0.717) is 20.0 Å². The third kappa shape index (κ3) is 3.20. The van der Waals surface area contributed by atoms with E-state index in [0.717, 1.165) is 6.21 Å². The van der Waals surface area contributed by atoms with Crippen LogP contribution >= 0.6 is 11.6 Å². The largest absolute Gasteiger partial charge is 0.618 e. The molecule has 9 heteroatoms. The van der Waals surface area contributed by atoms with Crippen molar-refractivity contribution in [2.75, 3.05) is 0 Å². The molecule has 1 N–H and O–H groups in total. The molecule has 1 aromatic carbocycles. The van der Waals surface area contributed by atoms with E-state index in [9.17, 15) is 15.2 Å². The number of benzene rings is 1. The average Bonchev–Trinajstić information content (AvgIpc) is 2.63. The quantitative estimate of drug-likeness (QED) is 0.329. The molecule has 25 heavy (non-hydrogen) atoms. The molecule has 1 amide bonds. The average molecular weight is 358 g/mol. The van der Waals surface area contributed by atoms with Crippen LogP contribution in [0.2, 0.25) is 5.02 Å². The van der Waals surface area contributed by atoms with E-state index in [2.05, 4.69) is 15.5 Å². The molecule has 8 nitrogen and oxygen atoms in total. The number of nitrogens with zero attached hydrogens (tertiary/aromatic N) is 4. The van der Waals surface area contributed by atoms with Gasteiger partial charge in [0.15, 0.2) is 0 Å². The molecule has 0 saturated carbocycles. The number of pyridine rings is 1. The lowest BCUT2D eigenvalue weighted by molar-refractivity contribution is -0.634. The molecule has 0 bridgehead atoms. The third-order valence-corrected chi connectivity index (χ3v) is 3.80. The lowest BCUT2D eigenvalue weighted by atomic mass is 10.2. The number of amides is 1. The summed E-state index contributed by atoms with van der Waals surface area (Å²) in [6, 6.07) is 7.43. The molecule has 2 aromatic heterocycles. The molecule has 2 heterocycles. The van der Waals surface area contributed by atoms with Crippen molar-refractivity contribution in [3.8, 4) is 0 Å². The smallest absolute Gasteiger partial charge is 0.305 e. The zero-order valence-electron chi connectivity index (χ0n) is 13.0. The van der Waals surface area contributed by atoms with Crippen LogP contribution in [-0.2, 0) is 0 Å². The molecule has 0 saturated heterocycles. The van der Waals surface area contributed by atoms with Crippen molar-refractivity contribution >= 4 is 34.8 Å². The Morgan fingerprint density at radius 1 is 1.20 bits per heavy atom. The van der Waals surface area contributed by atoms with Crippen molar-refractivity contribution in [3.63, 3.8) is 0 Å². The summed E-state index contributed by atoms with van der Waals surface area (Å²) >= 11 is 5.89. The lowest BCUT2D eigenvalue weighted by Crippen LogP contribution is -2.45. The minimum Gasteiger partial charge on any atom is -0.618 e. The second-order valence-electron chi connectivity index (χ2n) is 5.13. The van der Waals surface area contributed by atoms with E-state index in [4.69, 9.17) is 11.6 Å². The topological polar surface area (TPSA) is 108 Å². The fourth-order valence-electron chi connectivity index (χ4n) is 2.26. The Labute approximate surface area is 147 Å². The Kier molecular flexibility index (Phi) is 4.44. The van der Waals surface area contributed by atoms with Gasteiger partial charge in [-0.15, -0.1) is 0 Å². The molecule has 0 aliphatic rings. The van der Waals surface area contributed by atoms with Crippen LogP contribution in [0.5, 0.6) is 0 Å². The van der Waals surface area contributed by atoms with Crippen LogP contribution < -0.4 is 14.9 Å². The number of carbonyl (C=O) groups excluding carboxylic acids is 1. The second-order valence-corrected chi connectivity index (χ2v) is 5.56. The van der Waals surface area contributed by atoms with Gasteiger partial charge in [0.2, 0.25) is 0 Å². The van der Waals surface area contributed by atoms with E-state index in [-0.39, 0.29) is 22.4 Å². The van der Waals surface area contributed by atoms with Crippen molar-refractivity contribution in [2.45, 2.75) is 6.92 Å². The number of rotatable bonds is 3. The Morgan fingerprint density at radius 3 is 2.64 bits per heavy atom. The van der Waals surface area contributed by atoms with Gasteiger partial charge in [0.25, 0.3) is 22.6 Å². The maximum absolute atomic E-state index is 12.5. The van der Waals surface area contributed by atoms with Gasteiger partial charge in [-0.25, -0.2) is 5.43 Å². The highest BCUT2D eigenvalue weighted by Gasteiger charge is 2.24. The summed E-state index contributed by atoms with van der Waals surface area (Å²) in [5.74, 6) is -0.465. The van der Waals surface area contributed by atoms with Gasteiger partial charge in [-0.3, -0.25) is 9.78 Å². The fraction of sp³-hybridized carbons (Fsp3) is 0.0625. The molecule has 0 aliphatic carbocycles. The number of nitrogens with one attached hydrogen (secondary N) is 1. The maximum Gasteiger partial charge on any atom is 0.305 e. The third-order valence-electron chi connectivity index (χ3n) is 3.56. The number of fused-ring (bicyclic) bond motifs is 1. The first-order valence-corrected chi connectivity index (χ1v) is 7.55. The van der Waals surface area contributed by atoms with Gasteiger partial charge in [-0.05, 0) is 18.2 Å². The number of aromatic nitrogens is 3. The number of hydrogen-bond acceptors (Lipinski definition) is 5. The highest BCUT2D eigenvalue weighted by Crippen LogP contribution is 2.14. The lowest BCUT2D eigenvalue weighted by Gasteiger charge is -2.09. The Hall–Kier alpha value is -3.26. The molecular formula is C16H12ClN5O3. The van der Waals surface area contributed by atoms with Crippen molar-refractivity contribution in [1.82, 2.24) is 10.4 Å². The van der Waals surface area contributed by atoms with E-state index in [1.807, 2.05) is 0 Å². The van der Waals surface area contributed by atoms with Crippen molar-refractivity contribution in [2.24, 2.45) is 5.10 Å². The second kappa shape index (κ2) is 6.70. The van der Waals surface area contributed by atoms with Gasteiger partial charge in [-0.1, -0.05) is 11.6 Å². The van der Waals surface area contributed by atoms with Gasteiger partial charge >= 0.3 is 5.69 Å². The zero-order valence-corrected chi connectivity index (χ0v) is 13.8. The van der Waals surface area contributed by atoms with Gasteiger partial charge in [0.1, 0.15) is 6.21 Å². The molecular weight excluding hydrogens is 346 g/mol. The number of halogens is 1. The molecule has 0 fully saturated rings. The van der Waals surface area contributed by atoms with Crippen LogP contribution in [0, 0.1) is 17.3 Å². The summed E-state index contributed by atoms with van der Waals surface area (Å²) < 4.78 is 1.17. The highest BCUT2D eigenvalue weighted by molar-refractivity contribution is 6.31. The van der Waals surface area contributed by atoms with Crippen LogP contribution in [0.25, 0.3) is 11.0 Å². The van der Waals surface area contributed by atoms with Crippen LogP contribution in [0.4, 0.5) is 0 Å². The summed E-state index contributed by atoms with van der Waals surface area (Å²) in [7, 11) is 0. The Bertz CT molecular complexity index is 992. The number of carbonyl (C=O) groups is 1. The van der Waals surface area contributed by atoms with Gasteiger partial charge in [0, 0.05) is 42.0 Å². The molecule has 0 aliphatic heterocycles. The highest BCUT2D eigenvalue weighted by atomic mass is 35.5. The summed E-state index contributed by atoms with van der Waals surface area (Å²) in [5.41, 5.74) is 3.10. The van der Waals surface area contributed by atoms with Gasteiger partial charge < -0.3 is 10.4 Å². The van der Waals surface area contributed by atoms with E-state index in [1.165, 1.54) is 49.6 Å². The number of hydrazone groups is 1. The molecule has 126 valence electrons. The first-order chi connectivity index (χ1) is 12.0. The van der Waals surface area contributed by atoms with Gasteiger partial charge in [0.05, 0.1) is 0 Å². The molecule has 0 radical (unpaired) electrons. The van der Waals surface area contributed by atoms with Crippen LogP contribution in [0.1, 0.15) is 21.7 Å². The van der Waals surface area contributed by atoms with E-state index < -0.39 is 5.91 Å². The first kappa shape index (κ1) is 16.6. The summed E-state index contributed by atoms with van der Waals surface area (Å²) in [6.45, 7) is 1.49. The molecule has 0 spiro atoms. The summed E-state index contributed by atoms with van der Waals surface area (Å²) in [4.78, 5) is 15.7. The minimum atomic E-state index is -0.465. The van der Waals surface area contributed by atoms with Crippen LogP contribution in [0.15, 0.2) is 47.8 Å². The van der Waals surface area contributed by atoms with E-state index >= 15 is 0 Å². The first-order valence-electron chi connectivity index (χ1n) is 7.17. The SMILES string of the molecule is Cc1c(/C=N/NC(=O)c2ccncc2)[n+]([O-])c2cc(Cl)ccc2[n+]1[O-]. The molecule has 3 aromatic rings. The molecule has 0 atom stereocenters. The predicted octanol–water partition coefficient (Wildman–Crippen LogP) is 1.23. The Morgan fingerprint density at radius 2 is 1.92 bits per heavy atom. The molecule has 0 unspecified atom stereocenters. The summed E-state index contributed by atoms with van der Waals surface area (Å²) in [6.07, 6.45) is 4.07. The predicted molar refractivity (Wildman–Crippen MR) is 90.9 cm³/mol. The monoisotopic (exact) mass is 357 g/mol. The fourth-order valence-corrected chi connectivity index (χ4v) is 2.42. The minimum absolute atomic E-state index is 0.000190. The van der Waals surface area contributed by atoms with Crippen molar-refractivity contribution < 1.29 is 14.3 Å². The number of hydrogen-bond donors (Lipinski definition) is 1. The van der Waals surface area contributed by atoms with E-state index in [1.54, 1.807) is 0 Å². The summed E-state index contributed by atoms with van der Waals surface area (Å²) in [5, 5.41) is 28.9. The van der Waals surface area contributed by atoms with Crippen LogP contribution in [-0.4, -0.2) is 17.1 Å². The normalized spacial score (nSPS) is 11.1. The zero-order chi connectivity index (χ0) is 18.0. The standard InChI is InChI=1S/C16H12ClN5O3/c1-10-15(9-19-20-16(23)11-4-6-18-7-5-11)22(25)14-8-12(17)2-3-13(14)21(10)24/h2-9H,1H3,(H,20,23)/b19-9+.